The lowest BCUT2D eigenvalue weighted by Crippen LogP contribution is -2.24. The summed E-state index contributed by atoms with van der Waals surface area (Å²) in [6.07, 6.45) is 0.592. The molecule has 0 spiro atoms. The summed E-state index contributed by atoms with van der Waals surface area (Å²) >= 11 is 1.40. The Labute approximate surface area is 127 Å². The van der Waals surface area contributed by atoms with Crippen LogP contribution in [0.15, 0.2) is 41.8 Å². The average molecular weight is 303 g/mol. The van der Waals surface area contributed by atoms with E-state index in [0.717, 1.165) is 5.56 Å². The van der Waals surface area contributed by atoms with E-state index in [2.05, 4.69) is 5.32 Å². The minimum Gasteiger partial charge on any atom is -0.462 e. The van der Waals surface area contributed by atoms with Gasteiger partial charge in [0.1, 0.15) is 0 Å². The summed E-state index contributed by atoms with van der Waals surface area (Å²) in [5.41, 5.74) is 1.64. The molecule has 1 heterocycles. The molecule has 0 unspecified atom stereocenters. The molecule has 1 aromatic carbocycles. The molecule has 110 valence electrons. The van der Waals surface area contributed by atoms with Gasteiger partial charge in [-0.15, -0.1) is 11.3 Å². The molecule has 2 rings (SSSR count). The van der Waals surface area contributed by atoms with Crippen molar-refractivity contribution < 1.29 is 14.3 Å². The molecule has 1 aromatic heterocycles. The van der Waals surface area contributed by atoms with Gasteiger partial charge in [-0.2, -0.15) is 0 Å². The Balaban J connectivity index is 1.64. The van der Waals surface area contributed by atoms with Gasteiger partial charge >= 0.3 is 5.97 Å². The Morgan fingerprint density at radius 2 is 1.95 bits per heavy atom. The molecule has 0 aliphatic heterocycles. The predicted octanol–water partition coefficient (Wildman–Crippen LogP) is 3.03. The maximum absolute atomic E-state index is 11.7. The van der Waals surface area contributed by atoms with Crippen LogP contribution in [-0.4, -0.2) is 25.0 Å². The number of esters is 1. The Hall–Kier alpha value is -2.14. The molecule has 0 radical (unpaired) electrons. The van der Waals surface area contributed by atoms with Gasteiger partial charge in [0.15, 0.2) is 0 Å². The van der Waals surface area contributed by atoms with Crippen molar-refractivity contribution in [2.45, 2.75) is 13.3 Å². The lowest BCUT2D eigenvalue weighted by atomic mass is 10.1. The van der Waals surface area contributed by atoms with Crippen molar-refractivity contribution in [3.05, 3.63) is 57.8 Å². The molecule has 0 fully saturated rings. The summed E-state index contributed by atoms with van der Waals surface area (Å²) in [6.45, 7) is 2.74. The van der Waals surface area contributed by atoms with E-state index < -0.39 is 0 Å². The summed E-state index contributed by atoms with van der Waals surface area (Å²) in [6, 6.07) is 10.8. The average Bonchev–Trinajstić information content (AvgIpc) is 3.01. The third kappa shape index (κ3) is 4.72. The van der Waals surface area contributed by atoms with Crippen molar-refractivity contribution in [1.29, 1.82) is 0 Å². The van der Waals surface area contributed by atoms with Crippen LogP contribution in [0, 0.1) is 6.92 Å². The van der Waals surface area contributed by atoms with Gasteiger partial charge in [-0.1, -0.05) is 23.8 Å². The summed E-state index contributed by atoms with van der Waals surface area (Å²) < 4.78 is 5.15. The topological polar surface area (TPSA) is 55.4 Å². The number of benzene rings is 1. The third-order valence-electron chi connectivity index (χ3n) is 2.87. The molecule has 2 aromatic rings. The van der Waals surface area contributed by atoms with Crippen molar-refractivity contribution >= 4 is 23.2 Å². The summed E-state index contributed by atoms with van der Waals surface area (Å²) in [5, 5.41) is 4.65. The van der Waals surface area contributed by atoms with Crippen LogP contribution in [0.3, 0.4) is 0 Å². The molecule has 21 heavy (non-hydrogen) atoms. The Morgan fingerprint density at radius 1 is 1.19 bits per heavy atom. The smallest absolute Gasteiger partial charge is 0.338 e. The zero-order chi connectivity index (χ0) is 15.1. The second-order valence-corrected chi connectivity index (χ2v) is 5.54. The standard InChI is InChI=1S/C16H17NO3S/c1-12-5-7-13(8-6-12)16(19)20-10-3-9-17-15(18)14-4-2-11-21-14/h2,4-8,11H,3,9-10H2,1H3,(H,17,18). The van der Waals surface area contributed by atoms with Crippen molar-refractivity contribution in [1.82, 2.24) is 5.32 Å². The fourth-order valence-corrected chi connectivity index (χ4v) is 2.35. The van der Waals surface area contributed by atoms with Crippen molar-refractivity contribution in [3.63, 3.8) is 0 Å². The summed E-state index contributed by atoms with van der Waals surface area (Å²) in [5.74, 6) is -0.422. The van der Waals surface area contributed by atoms with Crippen molar-refractivity contribution in [2.75, 3.05) is 13.2 Å². The molecule has 0 saturated carbocycles. The largest absolute Gasteiger partial charge is 0.462 e. The molecule has 5 heteroatoms. The van der Waals surface area contributed by atoms with E-state index in [1.165, 1.54) is 11.3 Å². The normalized spacial score (nSPS) is 10.1. The van der Waals surface area contributed by atoms with Gasteiger partial charge in [0.2, 0.25) is 0 Å². The van der Waals surface area contributed by atoms with Crippen molar-refractivity contribution in [2.24, 2.45) is 0 Å². The van der Waals surface area contributed by atoms with Crippen LogP contribution in [0.1, 0.15) is 32.0 Å². The number of amides is 1. The molecular formula is C16H17NO3S. The highest BCUT2D eigenvalue weighted by atomic mass is 32.1. The van der Waals surface area contributed by atoms with Gasteiger partial charge in [0.05, 0.1) is 17.0 Å². The lowest BCUT2D eigenvalue weighted by molar-refractivity contribution is 0.0501. The monoisotopic (exact) mass is 303 g/mol. The molecule has 1 amide bonds. The second kappa shape index (κ2) is 7.59. The van der Waals surface area contributed by atoms with Crippen LogP contribution in [0.5, 0.6) is 0 Å². The van der Waals surface area contributed by atoms with Gasteiger partial charge in [-0.25, -0.2) is 4.79 Å². The van der Waals surface area contributed by atoms with Gasteiger partial charge in [0, 0.05) is 6.54 Å². The highest BCUT2D eigenvalue weighted by Crippen LogP contribution is 2.08. The zero-order valence-electron chi connectivity index (χ0n) is 11.8. The highest BCUT2D eigenvalue weighted by Gasteiger charge is 2.07. The number of hydrogen-bond acceptors (Lipinski definition) is 4. The molecule has 0 aliphatic rings. The van der Waals surface area contributed by atoms with Crippen LogP contribution in [-0.2, 0) is 4.74 Å². The Morgan fingerprint density at radius 3 is 2.62 bits per heavy atom. The Bertz CT molecular complexity index is 590. The van der Waals surface area contributed by atoms with Gasteiger partial charge < -0.3 is 10.1 Å². The van der Waals surface area contributed by atoms with E-state index in [4.69, 9.17) is 4.74 Å². The van der Waals surface area contributed by atoms with Crippen LogP contribution in [0.2, 0.25) is 0 Å². The minimum atomic E-state index is -0.334. The maximum Gasteiger partial charge on any atom is 0.338 e. The number of ether oxygens (including phenoxy) is 1. The van der Waals surface area contributed by atoms with Gasteiger partial charge in [0.25, 0.3) is 5.91 Å². The number of thiophene rings is 1. The van der Waals surface area contributed by atoms with Gasteiger partial charge in [-0.3, -0.25) is 4.79 Å². The fourth-order valence-electron chi connectivity index (χ4n) is 1.71. The van der Waals surface area contributed by atoms with E-state index in [1.807, 2.05) is 30.5 Å². The SMILES string of the molecule is Cc1ccc(C(=O)OCCCNC(=O)c2cccs2)cc1. The summed E-state index contributed by atoms with van der Waals surface area (Å²) in [7, 11) is 0. The van der Waals surface area contributed by atoms with E-state index in [9.17, 15) is 9.59 Å². The number of aryl methyl sites for hydroxylation is 1. The fraction of sp³-hybridized carbons (Fsp3) is 0.250. The summed E-state index contributed by atoms with van der Waals surface area (Å²) in [4.78, 5) is 24.1. The van der Waals surface area contributed by atoms with Crippen LogP contribution < -0.4 is 5.32 Å². The number of hydrogen-bond donors (Lipinski definition) is 1. The minimum absolute atomic E-state index is 0.0881. The highest BCUT2D eigenvalue weighted by molar-refractivity contribution is 7.12. The molecule has 0 saturated heterocycles. The number of rotatable bonds is 6. The molecule has 0 aliphatic carbocycles. The maximum atomic E-state index is 11.7. The first-order valence-corrected chi connectivity index (χ1v) is 7.60. The molecule has 1 N–H and O–H groups in total. The third-order valence-corrected chi connectivity index (χ3v) is 3.74. The van der Waals surface area contributed by atoms with Crippen LogP contribution in [0.25, 0.3) is 0 Å². The first-order chi connectivity index (χ1) is 10.2. The quantitative estimate of drug-likeness (QED) is 0.659. The Kier molecular flexibility index (Phi) is 5.51. The van der Waals surface area contributed by atoms with Crippen molar-refractivity contribution in [3.8, 4) is 0 Å². The predicted molar refractivity (Wildman–Crippen MR) is 82.7 cm³/mol. The molecular weight excluding hydrogens is 286 g/mol. The van der Waals surface area contributed by atoms with Gasteiger partial charge in [-0.05, 0) is 36.9 Å². The van der Waals surface area contributed by atoms with Crippen LogP contribution >= 0.6 is 11.3 Å². The first kappa shape index (κ1) is 15.3. The number of carbonyl (C=O) groups is 2. The van der Waals surface area contributed by atoms with E-state index >= 15 is 0 Å². The second-order valence-electron chi connectivity index (χ2n) is 4.59. The number of carbonyl (C=O) groups excluding carboxylic acids is 2. The zero-order valence-corrected chi connectivity index (χ0v) is 12.6. The van der Waals surface area contributed by atoms with E-state index in [1.54, 1.807) is 18.2 Å². The molecule has 0 atom stereocenters. The first-order valence-electron chi connectivity index (χ1n) is 6.72. The molecule has 4 nitrogen and oxygen atoms in total. The van der Waals surface area contributed by atoms with Crippen LogP contribution in [0.4, 0.5) is 0 Å². The lowest BCUT2D eigenvalue weighted by Gasteiger charge is -2.06. The van der Waals surface area contributed by atoms with E-state index in [0.29, 0.717) is 23.4 Å². The molecule has 0 bridgehead atoms. The number of nitrogens with one attached hydrogen (secondary N) is 1. The van der Waals surface area contributed by atoms with E-state index in [-0.39, 0.29) is 18.5 Å².